The third-order valence-corrected chi connectivity index (χ3v) is 2.93. The van der Waals surface area contributed by atoms with Crippen molar-refractivity contribution < 1.29 is 9.53 Å². The Balaban J connectivity index is 2.21. The second kappa shape index (κ2) is 5.14. The number of carbonyl (C=O) groups is 1. The zero-order chi connectivity index (χ0) is 13.1. The van der Waals surface area contributed by atoms with E-state index in [1.807, 2.05) is 6.92 Å². The van der Waals surface area contributed by atoms with Crippen LogP contribution in [0.25, 0.3) is 5.65 Å². The fourth-order valence-corrected chi connectivity index (χ4v) is 1.71. The van der Waals surface area contributed by atoms with Gasteiger partial charge in [0.1, 0.15) is 6.33 Å². The number of methoxy groups -OCH3 is 1. The lowest BCUT2D eigenvalue weighted by Crippen LogP contribution is -2.37. The molecule has 18 heavy (non-hydrogen) atoms. The minimum absolute atomic E-state index is 0.0270. The van der Waals surface area contributed by atoms with Gasteiger partial charge in [-0.25, -0.2) is 0 Å². The molecule has 0 N–H and O–H groups in total. The van der Waals surface area contributed by atoms with Crippen molar-refractivity contribution in [2.45, 2.75) is 13.0 Å². The maximum Gasteiger partial charge on any atom is 0.255 e. The molecule has 2 heterocycles. The minimum Gasteiger partial charge on any atom is -0.383 e. The van der Waals surface area contributed by atoms with Crippen molar-refractivity contribution in [3.8, 4) is 0 Å². The predicted octanol–water partition coefficient (Wildman–Crippen LogP) is 0.836. The Hall–Kier alpha value is -1.95. The fourth-order valence-electron chi connectivity index (χ4n) is 1.71. The second-order valence-corrected chi connectivity index (χ2v) is 4.23. The van der Waals surface area contributed by atoms with Crippen LogP contribution < -0.4 is 0 Å². The molecule has 2 aromatic heterocycles. The van der Waals surface area contributed by atoms with Crippen LogP contribution in [-0.4, -0.2) is 52.2 Å². The average molecular weight is 248 g/mol. The van der Waals surface area contributed by atoms with Gasteiger partial charge >= 0.3 is 0 Å². The van der Waals surface area contributed by atoms with E-state index in [0.29, 0.717) is 12.2 Å². The number of hydrogen-bond acceptors (Lipinski definition) is 4. The highest BCUT2D eigenvalue weighted by Gasteiger charge is 2.17. The SMILES string of the molecule is COCC(C)N(C)C(=O)c1ccc2nncn2c1. The van der Waals surface area contributed by atoms with Crippen molar-refractivity contribution >= 4 is 11.6 Å². The van der Waals surface area contributed by atoms with Crippen LogP contribution in [0.2, 0.25) is 0 Å². The predicted molar refractivity (Wildman–Crippen MR) is 66.4 cm³/mol. The quantitative estimate of drug-likeness (QED) is 0.804. The van der Waals surface area contributed by atoms with Crippen LogP contribution in [-0.2, 0) is 4.74 Å². The fraction of sp³-hybridized carbons (Fsp3) is 0.417. The van der Waals surface area contributed by atoms with Crippen molar-refractivity contribution in [2.75, 3.05) is 20.8 Å². The van der Waals surface area contributed by atoms with Gasteiger partial charge < -0.3 is 9.64 Å². The number of pyridine rings is 1. The summed E-state index contributed by atoms with van der Waals surface area (Å²) < 4.78 is 6.77. The van der Waals surface area contributed by atoms with Crippen LogP contribution in [0.1, 0.15) is 17.3 Å². The van der Waals surface area contributed by atoms with E-state index < -0.39 is 0 Å². The number of likely N-dealkylation sites (N-methyl/N-ethyl adjacent to an activating group) is 1. The maximum atomic E-state index is 12.2. The maximum absolute atomic E-state index is 12.2. The van der Waals surface area contributed by atoms with E-state index in [1.54, 1.807) is 48.1 Å². The van der Waals surface area contributed by atoms with E-state index in [9.17, 15) is 4.79 Å². The lowest BCUT2D eigenvalue weighted by atomic mass is 10.2. The van der Waals surface area contributed by atoms with Gasteiger partial charge in [0.05, 0.1) is 18.2 Å². The third-order valence-electron chi connectivity index (χ3n) is 2.93. The molecule has 0 bridgehead atoms. The molecule has 0 aliphatic rings. The second-order valence-electron chi connectivity index (χ2n) is 4.23. The van der Waals surface area contributed by atoms with Crippen molar-refractivity contribution in [3.05, 3.63) is 30.2 Å². The first-order chi connectivity index (χ1) is 8.63. The molecule has 2 aromatic rings. The number of nitrogens with zero attached hydrogens (tertiary/aromatic N) is 4. The lowest BCUT2D eigenvalue weighted by Gasteiger charge is -2.24. The smallest absolute Gasteiger partial charge is 0.255 e. The summed E-state index contributed by atoms with van der Waals surface area (Å²) in [6.07, 6.45) is 3.30. The number of rotatable bonds is 4. The molecule has 2 rings (SSSR count). The van der Waals surface area contributed by atoms with Crippen LogP contribution in [0, 0.1) is 0 Å². The summed E-state index contributed by atoms with van der Waals surface area (Å²) in [5.74, 6) is -0.0462. The first-order valence-electron chi connectivity index (χ1n) is 5.69. The van der Waals surface area contributed by atoms with Gasteiger partial charge in [-0.2, -0.15) is 0 Å². The van der Waals surface area contributed by atoms with Crippen LogP contribution in [0.4, 0.5) is 0 Å². The highest BCUT2D eigenvalue weighted by atomic mass is 16.5. The molecule has 96 valence electrons. The van der Waals surface area contributed by atoms with Gasteiger partial charge in [0.15, 0.2) is 5.65 Å². The summed E-state index contributed by atoms with van der Waals surface area (Å²) >= 11 is 0. The summed E-state index contributed by atoms with van der Waals surface area (Å²) in [6, 6.07) is 3.55. The highest BCUT2D eigenvalue weighted by Crippen LogP contribution is 2.08. The Morgan fingerprint density at radius 3 is 3.06 bits per heavy atom. The van der Waals surface area contributed by atoms with Gasteiger partial charge in [-0.3, -0.25) is 9.20 Å². The topological polar surface area (TPSA) is 59.7 Å². The van der Waals surface area contributed by atoms with Gasteiger partial charge in [-0.05, 0) is 19.1 Å². The largest absolute Gasteiger partial charge is 0.383 e. The van der Waals surface area contributed by atoms with Gasteiger partial charge in [0, 0.05) is 20.4 Å². The average Bonchev–Trinajstić information content (AvgIpc) is 2.84. The highest BCUT2D eigenvalue weighted by molar-refractivity contribution is 5.94. The first kappa shape index (κ1) is 12.5. The van der Waals surface area contributed by atoms with Gasteiger partial charge in [-0.1, -0.05) is 0 Å². The standard InChI is InChI=1S/C12H16N4O2/c1-9(7-18-3)15(2)12(17)10-4-5-11-14-13-8-16(11)6-10/h4-6,8-9H,7H2,1-3H3. The summed E-state index contributed by atoms with van der Waals surface area (Å²) in [7, 11) is 3.39. The molecule has 1 atom stereocenters. The molecule has 0 spiro atoms. The normalized spacial score (nSPS) is 12.6. The van der Waals surface area contributed by atoms with E-state index in [4.69, 9.17) is 4.74 Å². The molecular formula is C12H16N4O2. The molecule has 0 aromatic carbocycles. The summed E-state index contributed by atoms with van der Waals surface area (Å²) in [6.45, 7) is 2.45. The molecule has 6 heteroatoms. The molecule has 0 saturated carbocycles. The monoisotopic (exact) mass is 248 g/mol. The van der Waals surface area contributed by atoms with Gasteiger partial charge in [0.2, 0.25) is 0 Å². The Morgan fingerprint density at radius 2 is 2.33 bits per heavy atom. The number of carbonyl (C=O) groups excluding carboxylic acids is 1. The van der Waals surface area contributed by atoms with Crippen LogP contribution in [0.3, 0.4) is 0 Å². The van der Waals surface area contributed by atoms with Crippen molar-refractivity contribution in [3.63, 3.8) is 0 Å². The first-order valence-corrected chi connectivity index (χ1v) is 5.69. The summed E-state index contributed by atoms with van der Waals surface area (Å²) in [4.78, 5) is 13.9. The summed E-state index contributed by atoms with van der Waals surface area (Å²) in [5.41, 5.74) is 1.33. The number of aromatic nitrogens is 3. The van der Waals surface area contributed by atoms with Crippen molar-refractivity contribution in [1.82, 2.24) is 19.5 Å². The van der Waals surface area contributed by atoms with Crippen LogP contribution in [0.15, 0.2) is 24.7 Å². The Bertz CT molecular complexity index is 552. The van der Waals surface area contributed by atoms with Crippen molar-refractivity contribution in [1.29, 1.82) is 0 Å². The van der Waals surface area contributed by atoms with Crippen LogP contribution in [0.5, 0.6) is 0 Å². The zero-order valence-electron chi connectivity index (χ0n) is 10.7. The van der Waals surface area contributed by atoms with Gasteiger partial charge in [0.25, 0.3) is 5.91 Å². The van der Waals surface area contributed by atoms with E-state index in [2.05, 4.69) is 10.2 Å². The molecule has 0 radical (unpaired) electrons. The van der Waals surface area contributed by atoms with Crippen LogP contribution >= 0.6 is 0 Å². The van der Waals surface area contributed by atoms with Crippen molar-refractivity contribution in [2.24, 2.45) is 0 Å². The van der Waals surface area contributed by atoms with E-state index in [-0.39, 0.29) is 11.9 Å². The molecule has 6 nitrogen and oxygen atoms in total. The molecule has 0 aliphatic carbocycles. The minimum atomic E-state index is -0.0462. The Morgan fingerprint density at radius 1 is 1.56 bits per heavy atom. The van der Waals surface area contributed by atoms with Gasteiger partial charge in [-0.15, -0.1) is 10.2 Å². The third kappa shape index (κ3) is 2.33. The van der Waals surface area contributed by atoms with E-state index >= 15 is 0 Å². The zero-order valence-corrected chi connectivity index (χ0v) is 10.7. The molecule has 1 unspecified atom stereocenters. The number of amides is 1. The molecular weight excluding hydrogens is 232 g/mol. The molecule has 1 amide bonds. The summed E-state index contributed by atoms with van der Waals surface area (Å²) in [5, 5.41) is 7.68. The lowest BCUT2D eigenvalue weighted by molar-refractivity contribution is 0.0633. The number of hydrogen-bond donors (Lipinski definition) is 0. The Kier molecular flexibility index (Phi) is 3.57. The molecule has 0 aliphatic heterocycles. The molecule has 0 saturated heterocycles. The van der Waals surface area contributed by atoms with E-state index in [0.717, 1.165) is 5.65 Å². The number of fused-ring (bicyclic) bond motifs is 1. The number of ether oxygens (including phenoxy) is 1. The molecule has 0 fully saturated rings. The van der Waals surface area contributed by atoms with E-state index in [1.165, 1.54) is 0 Å². The Labute approximate surface area is 105 Å².